The summed E-state index contributed by atoms with van der Waals surface area (Å²) in [6, 6.07) is 11.3. The van der Waals surface area contributed by atoms with Gasteiger partial charge in [0.2, 0.25) is 5.91 Å². The number of carbonyl (C=O) groups is 1. The second-order valence-electron chi connectivity index (χ2n) is 5.87. The fourth-order valence-corrected chi connectivity index (χ4v) is 3.03. The van der Waals surface area contributed by atoms with Crippen LogP contribution in [0, 0.1) is 0 Å². The van der Waals surface area contributed by atoms with Crippen molar-refractivity contribution >= 4 is 22.9 Å². The lowest BCUT2D eigenvalue weighted by Gasteiger charge is -2.12. The first-order chi connectivity index (χ1) is 12.5. The average Bonchev–Trinajstić information content (AvgIpc) is 3.11. The van der Waals surface area contributed by atoms with Gasteiger partial charge in [0.05, 0.1) is 24.1 Å². The molecule has 0 aliphatic carbocycles. The molecule has 0 saturated heterocycles. The molecule has 0 unspecified atom stereocenters. The molecule has 7 nitrogen and oxygen atoms in total. The third kappa shape index (κ3) is 4.34. The van der Waals surface area contributed by atoms with Crippen LogP contribution in [0.2, 0.25) is 0 Å². The number of carbonyl (C=O) groups excluding carboxylic acids is 1. The molecule has 8 heteroatoms. The minimum Gasteiger partial charge on any atom is -0.376 e. The lowest BCUT2D eigenvalue weighted by atomic mass is 10.2. The van der Waals surface area contributed by atoms with Crippen molar-refractivity contribution in [1.29, 1.82) is 0 Å². The maximum Gasteiger partial charge on any atom is 0.269 e. The maximum atomic E-state index is 12.1. The second-order valence-corrected chi connectivity index (χ2v) is 6.82. The molecule has 0 saturated carbocycles. The van der Waals surface area contributed by atoms with Crippen LogP contribution in [-0.2, 0) is 17.9 Å². The largest absolute Gasteiger partial charge is 0.376 e. The van der Waals surface area contributed by atoms with Crippen LogP contribution in [-0.4, -0.2) is 34.8 Å². The van der Waals surface area contributed by atoms with Crippen molar-refractivity contribution in [2.24, 2.45) is 0 Å². The van der Waals surface area contributed by atoms with E-state index in [0.29, 0.717) is 12.2 Å². The molecule has 0 bridgehead atoms. The van der Waals surface area contributed by atoms with Gasteiger partial charge < -0.3 is 10.2 Å². The van der Waals surface area contributed by atoms with Crippen molar-refractivity contribution in [3.8, 4) is 11.3 Å². The minimum absolute atomic E-state index is 0.122. The number of hydrogen-bond acceptors (Lipinski definition) is 6. The Morgan fingerprint density at radius 2 is 2.04 bits per heavy atom. The van der Waals surface area contributed by atoms with E-state index in [1.807, 2.05) is 49.8 Å². The van der Waals surface area contributed by atoms with E-state index in [1.54, 1.807) is 11.1 Å². The van der Waals surface area contributed by atoms with Gasteiger partial charge in [-0.3, -0.25) is 9.59 Å². The van der Waals surface area contributed by atoms with E-state index < -0.39 is 0 Å². The smallest absolute Gasteiger partial charge is 0.269 e. The van der Waals surface area contributed by atoms with Gasteiger partial charge >= 0.3 is 0 Å². The summed E-state index contributed by atoms with van der Waals surface area (Å²) in [6.07, 6.45) is 1.56. The number of aromatic nitrogens is 3. The third-order valence-electron chi connectivity index (χ3n) is 3.72. The van der Waals surface area contributed by atoms with Crippen LogP contribution in [0.1, 0.15) is 5.01 Å². The van der Waals surface area contributed by atoms with Crippen LogP contribution in [0.4, 0.5) is 5.69 Å². The number of thiazole rings is 1. The summed E-state index contributed by atoms with van der Waals surface area (Å²) in [7, 11) is 3.65. The first-order valence-corrected chi connectivity index (χ1v) is 8.92. The highest BCUT2D eigenvalue weighted by atomic mass is 32.1. The SMILES string of the molecule is CN(C)c1cnn(CC(=O)NCc2nc(-c3ccccc3)cs2)c(=O)c1. The van der Waals surface area contributed by atoms with E-state index in [1.165, 1.54) is 17.4 Å². The summed E-state index contributed by atoms with van der Waals surface area (Å²) >= 11 is 1.49. The van der Waals surface area contributed by atoms with Gasteiger partial charge in [0.1, 0.15) is 11.6 Å². The number of anilines is 1. The average molecular weight is 369 g/mol. The molecule has 0 atom stereocenters. The molecule has 0 fully saturated rings. The number of nitrogens with zero attached hydrogens (tertiary/aromatic N) is 4. The quantitative estimate of drug-likeness (QED) is 0.716. The van der Waals surface area contributed by atoms with Crippen LogP contribution in [0.5, 0.6) is 0 Å². The van der Waals surface area contributed by atoms with Gasteiger partial charge in [-0.05, 0) is 0 Å². The molecule has 2 aromatic heterocycles. The normalized spacial score (nSPS) is 10.5. The number of hydrogen-bond donors (Lipinski definition) is 1. The van der Waals surface area contributed by atoms with Crippen molar-refractivity contribution in [3.63, 3.8) is 0 Å². The summed E-state index contributed by atoms with van der Waals surface area (Å²) in [4.78, 5) is 30.4. The standard InChI is InChI=1S/C18H19N5O2S/c1-22(2)14-8-18(25)23(20-9-14)11-16(24)19-10-17-21-15(12-26-17)13-6-4-3-5-7-13/h3-9,12H,10-11H2,1-2H3,(H,19,24). The molecule has 3 rings (SSSR count). The van der Waals surface area contributed by atoms with Crippen LogP contribution in [0.25, 0.3) is 11.3 Å². The Kier molecular flexibility index (Phi) is 5.43. The van der Waals surface area contributed by atoms with Crippen molar-refractivity contribution in [3.05, 3.63) is 63.3 Å². The Hall–Kier alpha value is -3.00. The molecule has 0 aliphatic heterocycles. The highest BCUT2D eigenvalue weighted by Crippen LogP contribution is 2.21. The fourth-order valence-electron chi connectivity index (χ4n) is 2.29. The fraction of sp³-hybridized carbons (Fsp3) is 0.222. The molecule has 1 aromatic carbocycles. The molecule has 26 heavy (non-hydrogen) atoms. The van der Waals surface area contributed by atoms with Gasteiger partial charge in [0, 0.05) is 31.1 Å². The zero-order valence-corrected chi connectivity index (χ0v) is 15.4. The van der Waals surface area contributed by atoms with Crippen LogP contribution < -0.4 is 15.8 Å². The van der Waals surface area contributed by atoms with Gasteiger partial charge in [0.25, 0.3) is 5.56 Å². The lowest BCUT2D eigenvalue weighted by Crippen LogP contribution is -2.33. The second kappa shape index (κ2) is 7.92. The van der Waals surface area contributed by atoms with Gasteiger partial charge in [-0.25, -0.2) is 9.67 Å². The van der Waals surface area contributed by atoms with E-state index in [4.69, 9.17) is 0 Å². The topological polar surface area (TPSA) is 80.1 Å². The number of benzene rings is 1. The zero-order chi connectivity index (χ0) is 18.5. The highest BCUT2D eigenvalue weighted by Gasteiger charge is 2.09. The zero-order valence-electron chi connectivity index (χ0n) is 14.5. The van der Waals surface area contributed by atoms with E-state index in [9.17, 15) is 9.59 Å². The first kappa shape index (κ1) is 17.8. The highest BCUT2D eigenvalue weighted by molar-refractivity contribution is 7.09. The van der Waals surface area contributed by atoms with E-state index in [0.717, 1.165) is 20.9 Å². The van der Waals surface area contributed by atoms with Gasteiger partial charge in [-0.2, -0.15) is 5.10 Å². The molecule has 1 amide bonds. The summed E-state index contributed by atoms with van der Waals surface area (Å²) in [5.41, 5.74) is 2.31. The summed E-state index contributed by atoms with van der Waals surface area (Å²) in [6.45, 7) is 0.199. The Morgan fingerprint density at radius 3 is 2.73 bits per heavy atom. The Balaban J connectivity index is 1.58. The van der Waals surface area contributed by atoms with Crippen molar-refractivity contribution in [2.75, 3.05) is 19.0 Å². The minimum atomic E-state index is -0.313. The number of amides is 1. The van der Waals surface area contributed by atoms with E-state index >= 15 is 0 Å². The first-order valence-electron chi connectivity index (χ1n) is 8.04. The monoisotopic (exact) mass is 369 g/mol. The van der Waals surface area contributed by atoms with Crippen LogP contribution in [0.15, 0.2) is 52.8 Å². The number of nitrogens with one attached hydrogen (secondary N) is 1. The number of rotatable bonds is 6. The molecule has 0 aliphatic rings. The van der Waals surface area contributed by atoms with Gasteiger partial charge in [0.15, 0.2) is 0 Å². The Labute approximate surface area is 154 Å². The molecule has 134 valence electrons. The summed E-state index contributed by atoms with van der Waals surface area (Å²) < 4.78 is 1.14. The van der Waals surface area contributed by atoms with E-state index in [-0.39, 0.29) is 18.0 Å². The summed E-state index contributed by atoms with van der Waals surface area (Å²) in [5.74, 6) is -0.284. The molecule has 0 radical (unpaired) electrons. The molecule has 1 N–H and O–H groups in total. The molecular weight excluding hydrogens is 350 g/mol. The van der Waals surface area contributed by atoms with Crippen LogP contribution >= 0.6 is 11.3 Å². The van der Waals surface area contributed by atoms with Gasteiger partial charge in [-0.1, -0.05) is 30.3 Å². The lowest BCUT2D eigenvalue weighted by molar-refractivity contribution is -0.122. The third-order valence-corrected chi connectivity index (χ3v) is 4.57. The predicted octanol–water partition coefficient (Wildman–Crippen LogP) is 1.75. The summed E-state index contributed by atoms with van der Waals surface area (Å²) in [5, 5.41) is 9.57. The molecule has 0 spiro atoms. The Bertz CT molecular complexity index is 949. The van der Waals surface area contributed by atoms with Crippen LogP contribution in [0.3, 0.4) is 0 Å². The van der Waals surface area contributed by atoms with Crippen molar-refractivity contribution in [2.45, 2.75) is 13.1 Å². The van der Waals surface area contributed by atoms with E-state index in [2.05, 4.69) is 15.4 Å². The van der Waals surface area contributed by atoms with Crippen molar-refractivity contribution < 1.29 is 4.79 Å². The molecule has 2 heterocycles. The molecular formula is C18H19N5O2S. The van der Waals surface area contributed by atoms with Crippen molar-refractivity contribution in [1.82, 2.24) is 20.1 Å². The Morgan fingerprint density at radius 1 is 1.27 bits per heavy atom. The predicted molar refractivity (Wildman–Crippen MR) is 102 cm³/mol. The molecule has 3 aromatic rings. The maximum absolute atomic E-state index is 12.1. The van der Waals surface area contributed by atoms with Gasteiger partial charge in [-0.15, -0.1) is 11.3 Å².